The molecule has 1 unspecified atom stereocenters. The van der Waals surface area contributed by atoms with Crippen molar-refractivity contribution in [2.75, 3.05) is 13.1 Å². The van der Waals surface area contributed by atoms with Gasteiger partial charge in [0.2, 0.25) is 0 Å². The second-order valence-corrected chi connectivity index (χ2v) is 7.43. The highest BCUT2D eigenvalue weighted by molar-refractivity contribution is 7.89. The molecular weight excluding hydrogens is 302 g/mol. The number of hydrogen-bond acceptors (Lipinski definition) is 4. The minimum atomic E-state index is -3.78. The molecule has 0 aromatic carbocycles. The molecule has 0 spiro atoms. The van der Waals surface area contributed by atoms with Gasteiger partial charge in [0.05, 0.1) is 5.60 Å². The molecule has 3 heterocycles. The van der Waals surface area contributed by atoms with E-state index in [0.717, 1.165) is 0 Å². The zero-order valence-corrected chi connectivity index (χ0v) is 12.4. The van der Waals surface area contributed by atoms with Crippen LogP contribution in [0.1, 0.15) is 13.3 Å². The van der Waals surface area contributed by atoms with Crippen molar-refractivity contribution in [2.45, 2.75) is 24.0 Å². The molecule has 1 N–H and O–H groups in total. The highest BCUT2D eigenvalue weighted by atomic mass is 35.5. The summed E-state index contributed by atoms with van der Waals surface area (Å²) in [6.07, 6.45) is 2.01. The number of rotatable bonds is 2. The van der Waals surface area contributed by atoms with Crippen LogP contribution in [-0.2, 0) is 10.0 Å². The van der Waals surface area contributed by atoms with Crippen LogP contribution in [0, 0.1) is 0 Å². The molecule has 0 bridgehead atoms. The van der Waals surface area contributed by atoms with Crippen LogP contribution < -0.4 is 0 Å². The number of fused-ring (bicyclic) bond motifs is 1. The third kappa shape index (κ3) is 2.10. The summed E-state index contributed by atoms with van der Waals surface area (Å²) in [7, 11) is -3.78. The minimum absolute atomic E-state index is 0.0486. The predicted octanol–water partition coefficient (Wildman–Crippen LogP) is 1.13. The monoisotopic (exact) mass is 315 g/mol. The number of pyridine rings is 1. The first-order chi connectivity index (χ1) is 9.31. The van der Waals surface area contributed by atoms with Gasteiger partial charge < -0.3 is 5.11 Å². The lowest BCUT2D eigenvalue weighted by molar-refractivity contribution is 0.0762. The lowest BCUT2D eigenvalue weighted by Gasteiger charge is -2.18. The first kappa shape index (κ1) is 13.8. The van der Waals surface area contributed by atoms with Gasteiger partial charge in [0.25, 0.3) is 10.0 Å². The zero-order valence-electron chi connectivity index (χ0n) is 10.8. The van der Waals surface area contributed by atoms with Crippen molar-refractivity contribution in [2.24, 2.45) is 0 Å². The van der Waals surface area contributed by atoms with E-state index >= 15 is 0 Å². The molecule has 6 nitrogen and oxygen atoms in total. The summed E-state index contributed by atoms with van der Waals surface area (Å²) in [4.78, 5) is 4.05. The van der Waals surface area contributed by atoms with Gasteiger partial charge in [-0.15, -0.1) is 0 Å². The Morgan fingerprint density at radius 2 is 2.20 bits per heavy atom. The maximum atomic E-state index is 12.7. The van der Waals surface area contributed by atoms with E-state index < -0.39 is 15.6 Å². The minimum Gasteiger partial charge on any atom is -0.389 e. The molecule has 108 valence electrons. The molecule has 2 aromatic rings. The fraction of sp³-hybridized carbons (Fsp3) is 0.417. The van der Waals surface area contributed by atoms with E-state index in [4.69, 9.17) is 11.6 Å². The van der Waals surface area contributed by atoms with Gasteiger partial charge in [-0.2, -0.15) is 4.31 Å². The maximum Gasteiger partial charge on any atom is 0.262 e. The SMILES string of the molecule is CC1(O)CCN(S(=O)(=O)c2c(Cl)nc3ccccn23)C1. The molecule has 0 amide bonds. The lowest BCUT2D eigenvalue weighted by Crippen LogP contribution is -2.34. The highest BCUT2D eigenvalue weighted by Gasteiger charge is 2.40. The third-order valence-corrected chi connectivity index (χ3v) is 5.69. The van der Waals surface area contributed by atoms with Gasteiger partial charge in [0.15, 0.2) is 10.2 Å². The van der Waals surface area contributed by atoms with E-state index in [2.05, 4.69) is 4.98 Å². The lowest BCUT2D eigenvalue weighted by atomic mass is 10.1. The quantitative estimate of drug-likeness (QED) is 0.901. The van der Waals surface area contributed by atoms with Crippen LogP contribution in [0.3, 0.4) is 0 Å². The van der Waals surface area contributed by atoms with Crippen molar-refractivity contribution in [1.29, 1.82) is 0 Å². The Morgan fingerprint density at radius 3 is 2.85 bits per heavy atom. The van der Waals surface area contributed by atoms with Crippen molar-refractivity contribution >= 4 is 27.3 Å². The Balaban J connectivity index is 2.13. The zero-order chi connectivity index (χ0) is 14.5. The van der Waals surface area contributed by atoms with Gasteiger partial charge in [-0.05, 0) is 25.5 Å². The number of imidazole rings is 1. The van der Waals surface area contributed by atoms with Crippen LogP contribution in [-0.4, -0.2) is 45.9 Å². The second kappa shape index (κ2) is 4.42. The Kier molecular flexibility index (Phi) is 3.06. The van der Waals surface area contributed by atoms with Crippen molar-refractivity contribution in [3.8, 4) is 0 Å². The number of sulfonamides is 1. The topological polar surface area (TPSA) is 74.9 Å². The van der Waals surface area contributed by atoms with Crippen molar-refractivity contribution in [3.05, 3.63) is 29.5 Å². The second-order valence-electron chi connectivity index (χ2n) is 5.22. The molecule has 20 heavy (non-hydrogen) atoms. The molecule has 1 atom stereocenters. The number of aromatic nitrogens is 2. The molecule has 3 rings (SSSR count). The van der Waals surface area contributed by atoms with E-state index in [1.807, 2.05) is 0 Å². The van der Waals surface area contributed by atoms with E-state index in [1.54, 1.807) is 31.3 Å². The molecule has 0 aliphatic carbocycles. The molecular formula is C12H14ClN3O3S. The third-order valence-electron chi connectivity index (χ3n) is 3.45. The van der Waals surface area contributed by atoms with Gasteiger partial charge in [-0.3, -0.25) is 4.40 Å². The molecule has 1 fully saturated rings. The smallest absolute Gasteiger partial charge is 0.262 e. The average molecular weight is 316 g/mol. The summed E-state index contributed by atoms with van der Waals surface area (Å²) in [5.41, 5.74) is -0.526. The van der Waals surface area contributed by atoms with Crippen LogP contribution >= 0.6 is 11.6 Å². The Morgan fingerprint density at radius 1 is 1.45 bits per heavy atom. The van der Waals surface area contributed by atoms with Gasteiger partial charge in [-0.1, -0.05) is 17.7 Å². The summed E-state index contributed by atoms with van der Waals surface area (Å²) in [6, 6.07) is 5.16. The Bertz CT molecular complexity index is 769. The summed E-state index contributed by atoms with van der Waals surface area (Å²) < 4.78 is 28.1. The van der Waals surface area contributed by atoms with Gasteiger partial charge >= 0.3 is 0 Å². The summed E-state index contributed by atoms with van der Waals surface area (Å²) in [5.74, 6) is 0. The van der Waals surface area contributed by atoms with Crippen LogP contribution in [0.15, 0.2) is 29.4 Å². The Labute approximate surface area is 121 Å². The fourth-order valence-electron chi connectivity index (χ4n) is 2.41. The molecule has 1 aliphatic heterocycles. The van der Waals surface area contributed by atoms with Gasteiger partial charge in [0, 0.05) is 19.3 Å². The molecule has 1 saturated heterocycles. The van der Waals surface area contributed by atoms with E-state index in [1.165, 1.54) is 8.71 Å². The molecule has 0 radical (unpaired) electrons. The largest absolute Gasteiger partial charge is 0.389 e. The van der Waals surface area contributed by atoms with Crippen LogP contribution in [0.5, 0.6) is 0 Å². The van der Waals surface area contributed by atoms with Crippen LogP contribution in [0.4, 0.5) is 0 Å². The molecule has 0 saturated carbocycles. The average Bonchev–Trinajstić information content (AvgIpc) is 2.88. The van der Waals surface area contributed by atoms with Crippen LogP contribution in [0.25, 0.3) is 5.65 Å². The number of β-amino-alcohol motifs (C(OH)–C–C–N with tert-alkyl or cyclic N) is 1. The highest BCUT2D eigenvalue weighted by Crippen LogP contribution is 2.30. The first-order valence-electron chi connectivity index (χ1n) is 6.16. The molecule has 2 aromatic heterocycles. The van der Waals surface area contributed by atoms with E-state index in [-0.39, 0.29) is 23.3 Å². The van der Waals surface area contributed by atoms with E-state index in [9.17, 15) is 13.5 Å². The summed E-state index contributed by atoms with van der Waals surface area (Å²) >= 11 is 6.00. The van der Waals surface area contributed by atoms with E-state index in [0.29, 0.717) is 12.1 Å². The van der Waals surface area contributed by atoms with Gasteiger partial charge in [-0.25, -0.2) is 13.4 Å². The van der Waals surface area contributed by atoms with Crippen LogP contribution in [0.2, 0.25) is 5.15 Å². The van der Waals surface area contributed by atoms with Gasteiger partial charge in [0.1, 0.15) is 5.65 Å². The normalized spacial score (nSPS) is 24.6. The van der Waals surface area contributed by atoms with Crippen molar-refractivity contribution < 1.29 is 13.5 Å². The first-order valence-corrected chi connectivity index (χ1v) is 7.98. The fourth-order valence-corrected chi connectivity index (χ4v) is 4.56. The molecule has 1 aliphatic rings. The van der Waals surface area contributed by atoms with Crippen molar-refractivity contribution in [1.82, 2.24) is 13.7 Å². The number of nitrogens with zero attached hydrogens (tertiary/aromatic N) is 3. The number of aliphatic hydroxyl groups is 1. The summed E-state index contributed by atoms with van der Waals surface area (Å²) in [5, 5.41) is 9.85. The Hall–Kier alpha value is -1.15. The number of hydrogen-bond donors (Lipinski definition) is 1. The van der Waals surface area contributed by atoms with Crippen molar-refractivity contribution in [3.63, 3.8) is 0 Å². The maximum absolute atomic E-state index is 12.7. The number of halogens is 1. The summed E-state index contributed by atoms with van der Waals surface area (Å²) in [6.45, 7) is 1.95. The predicted molar refractivity (Wildman–Crippen MR) is 74.2 cm³/mol. The standard InChI is InChI=1S/C12H14ClN3O3S/c1-12(17)5-7-15(8-12)20(18,19)11-10(13)14-9-4-2-3-6-16(9)11/h2-4,6,17H,5,7-8H2,1H3. The molecule has 8 heteroatoms.